The van der Waals surface area contributed by atoms with E-state index >= 15 is 0 Å². The van der Waals surface area contributed by atoms with Gasteiger partial charge in [-0.25, -0.2) is 0 Å². The molecule has 0 heterocycles. The van der Waals surface area contributed by atoms with Gasteiger partial charge in [0.15, 0.2) is 0 Å². The SMILES string of the molecule is COCCNCCNC(=O)C1CC1c1ccc2ccccc2c1. The van der Waals surface area contributed by atoms with Crippen molar-refractivity contribution in [1.82, 2.24) is 10.6 Å². The van der Waals surface area contributed by atoms with E-state index in [1.54, 1.807) is 7.11 Å². The number of benzene rings is 2. The van der Waals surface area contributed by atoms with E-state index in [1.807, 2.05) is 0 Å². The number of amides is 1. The Labute approximate surface area is 137 Å². The summed E-state index contributed by atoms with van der Waals surface area (Å²) in [6, 6.07) is 14.9. The van der Waals surface area contributed by atoms with E-state index in [2.05, 4.69) is 53.1 Å². The van der Waals surface area contributed by atoms with Crippen LogP contribution >= 0.6 is 0 Å². The first-order valence-electron chi connectivity index (χ1n) is 8.25. The van der Waals surface area contributed by atoms with Crippen molar-refractivity contribution in [3.05, 3.63) is 48.0 Å². The summed E-state index contributed by atoms with van der Waals surface area (Å²) in [6.45, 7) is 2.96. The fourth-order valence-corrected chi connectivity index (χ4v) is 3.00. The zero-order chi connectivity index (χ0) is 16.1. The van der Waals surface area contributed by atoms with Gasteiger partial charge in [0.25, 0.3) is 0 Å². The molecule has 0 spiro atoms. The second-order valence-corrected chi connectivity index (χ2v) is 6.09. The van der Waals surface area contributed by atoms with Crippen LogP contribution in [0.2, 0.25) is 0 Å². The lowest BCUT2D eigenvalue weighted by atomic mass is 10.0. The Balaban J connectivity index is 1.47. The standard InChI is InChI=1S/C19H24N2O2/c1-23-11-10-20-8-9-21-19(22)18-13-17(18)16-7-6-14-4-2-3-5-15(14)12-16/h2-7,12,17-18,20H,8-11,13H2,1H3,(H,21,22). The highest BCUT2D eigenvalue weighted by Gasteiger charge is 2.43. The second kappa shape index (κ2) is 7.57. The summed E-state index contributed by atoms with van der Waals surface area (Å²) in [7, 11) is 1.68. The van der Waals surface area contributed by atoms with Crippen LogP contribution in [0.3, 0.4) is 0 Å². The predicted molar refractivity (Wildman–Crippen MR) is 92.6 cm³/mol. The first-order chi connectivity index (χ1) is 11.3. The molecule has 1 aliphatic rings. The van der Waals surface area contributed by atoms with Gasteiger partial charge in [-0.2, -0.15) is 0 Å². The number of nitrogens with one attached hydrogen (secondary N) is 2. The van der Waals surface area contributed by atoms with Crippen LogP contribution in [0.5, 0.6) is 0 Å². The molecular formula is C19H24N2O2. The summed E-state index contributed by atoms with van der Waals surface area (Å²) in [4.78, 5) is 12.2. The average Bonchev–Trinajstić information content (AvgIpc) is 3.38. The predicted octanol–water partition coefficient (Wildman–Crippen LogP) is 2.30. The van der Waals surface area contributed by atoms with Crippen molar-refractivity contribution >= 4 is 16.7 Å². The quantitative estimate of drug-likeness (QED) is 0.735. The molecule has 2 atom stereocenters. The summed E-state index contributed by atoms with van der Waals surface area (Å²) in [5.74, 6) is 0.688. The third-order valence-corrected chi connectivity index (χ3v) is 4.41. The molecule has 4 heteroatoms. The molecule has 2 unspecified atom stereocenters. The van der Waals surface area contributed by atoms with Crippen molar-refractivity contribution in [3.63, 3.8) is 0 Å². The van der Waals surface area contributed by atoms with Gasteiger partial charge in [-0.15, -0.1) is 0 Å². The Morgan fingerprint density at radius 2 is 1.96 bits per heavy atom. The topological polar surface area (TPSA) is 50.4 Å². The van der Waals surface area contributed by atoms with Crippen LogP contribution in [0, 0.1) is 5.92 Å². The normalized spacial score (nSPS) is 19.7. The second-order valence-electron chi connectivity index (χ2n) is 6.09. The van der Waals surface area contributed by atoms with Gasteiger partial charge in [0.2, 0.25) is 5.91 Å². The summed E-state index contributed by atoms with van der Waals surface area (Å²) in [6.07, 6.45) is 0.960. The third kappa shape index (κ3) is 4.09. The number of carbonyl (C=O) groups excluding carboxylic acids is 1. The maximum atomic E-state index is 12.2. The first kappa shape index (κ1) is 16.0. The number of hydrogen-bond donors (Lipinski definition) is 2. The van der Waals surface area contributed by atoms with Crippen LogP contribution in [0.4, 0.5) is 0 Å². The molecule has 4 nitrogen and oxygen atoms in total. The van der Waals surface area contributed by atoms with E-state index in [9.17, 15) is 4.79 Å². The fraction of sp³-hybridized carbons (Fsp3) is 0.421. The van der Waals surface area contributed by atoms with Crippen LogP contribution < -0.4 is 10.6 Å². The minimum absolute atomic E-state index is 0.134. The van der Waals surface area contributed by atoms with Crippen molar-refractivity contribution in [1.29, 1.82) is 0 Å². The van der Waals surface area contributed by atoms with Gasteiger partial charge >= 0.3 is 0 Å². The maximum Gasteiger partial charge on any atom is 0.223 e. The molecule has 0 bridgehead atoms. The van der Waals surface area contributed by atoms with Crippen LogP contribution in [-0.4, -0.2) is 39.3 Å². The molecule has 0 saturated heterocycles. The number of hydrogen-bond acceptors (Lipinski definition) is 3. The molecule has 0 aliphatic heterocycles. The number of methoxy groups -OCH3 is 1. The highest BCUT2D eigenvalue weighted by Crippen LogP contribution is 2.48. The minimum atomic E-state index is 0.134. The lowest BCUT2D eigenvalue weighted by molar-refractivity contribution is -0.122. The van der Waals surface area contributed by atoms with Crippen molar-refractivity contribution in [3.8, 4) is 0 Å². The smallest absolute Gasteiger partial charge is 0.223 e. The number of rotatable bonds is 8. The third-order valence-electron chi connectivity index (χ3n) is 4.41. The van der Waals surface area contributed by atoms with E-state index in [-0.39, 0.29) is 11.8 Å². The lowest BCUT2D eigenvalue weighted by Gasteiger charge is -2.07. The van der Waals surface area contributed by atoms with E-state index < -0.39 is 0 Å². The number of carbonyl (C=O) groups is 1. The summed E-state index contributed by atoms with van der Waals surface area (Å²) < 4.78 is 4.96. The molecule has 122 valence electrons. The highest BCUT2D eigenvalue weighted by atomic mass is 16.5. The van der Waals surface area contributed by atoms with Crippen LogP contribution in [-0.2, 0) is 9.53 Å². The zero-order valence-electron chi connectivity index (χ0n) is 13.5. The molecule has 1 amide bonds. The Morgan fingerprint density at radius 3 is 2.78 bits per heavy atom. The Bertz CT molecular complexity index is 671. The zero-order valence-corrected chi connectivity index (χ0v) is 13.5. The van der Waals surface area contributed by atoms with E-state index in [4.69, 9.17) is 4.74 Å². The Kier molecular flexibility index (Phi) is 5.26. The van der Waals surface area contributed by atoms with Crippen LogP contribution in [0.1, 0.15) is 17.9 Å². The van der Waals surface area contributed by atoms with Crippen LogP contribution in [0.25, 0.3) is 10.8 Å². The van der Waals surface area contributed by atoms with Crippen molar-refractivity contribution in [2.45, 2.75) is 12.3 Å². The van der Waals surface area contributed by atoms with Crippen LogP contribution in [0.15, 0.2) is 42.5 Å². The highest BCUT2D eigenvalue weighted by molar-refractivity contribution is 5.85. The van der Waals surface area contributed by atoms with Gasteiger partial charge in [0.05, 0.1) is 6.61 Å². The molecule has 23 heavy (non-hydrogen) atoms. The molecular weight excluding hydrogens is 288 g/mol. The van der Waals surface area contributed by atoms with E-state index in [0.29, 0.717) is 19.1 Å². The van der Waals surface area contributed by atoms with E-state index in [1.165, 1.54) is 16.3 Å². The first-order valence-corrected chi connectivity index (χ1v) is 8.25. The molecule has 1 saturated carbocycles. The minimum Gasteiger partial charge on any atom is -0.383 e. The molecule has 1 aliphatic carbocycles. The molecule has 2 N–H and O–H groups in total. The van der Waals surface area contributed by atoms with Crippen molar-refractivity contribution in [2.24, 2.45) is 5.92 Å². The Morgan fingerprint density at radius 1 is 1.13 bits per heavy atom. The molecule has 0 radical (unpaired) electrons. The molecule has 0 aromatic heterocycles. The van der Waals surface area contributed by atoms with Gasteiger partial charge in [-0.3, -0.25) is 4.79 Å². The van der Waals surface area contributed by atoms with Crippen molar-refractivity contribution in [2.75, 3.05) is 33.4 Å². The number of ether oxygens (including phenoxy) is 1. The molecule has 3 rings (SSSR count). The van der Waals surface area contributed by atoms with Gasteiger partial charge in [0.1, 0.15) is 0 Å². The average molecular weight is 312 g/mol. The Hall–Kier alpha value is -1.91. The monoisotopic (exact) mass is 312 g/mol. The largest absolute Gasteiger partial charge is 0.383 e. The molecule has 1 fully saturated rings. The number of fused-ring (bicyclic) bond motifs is 1. The lowest BCUT2D eigenvalue weighted by Crippen LogP contribution is -2.34. The van der Waals surface area contributed by atoms with Gasteiger partial charge < -0.3 is 15.4 Å². The van der Waals surface area contributed by atoms with Gasteiger partial charge in [-0.1, -0.05) is 42.5 Å². The fourth-order valence-electron chi connectivity index (χ4n) is 3.00. The van der Waals surface area contributed by atoms with E-state index in [0.717, 1.165) is 19.5 Å². The molecule has 2 aromatic rings. The molecule has 2 aromatic carbocycles. The van der Waals surface area contributed by atoms with Gasteiger partial charge in [-0.05, 0) is 28.7 Å². The summed E-state index contributed by atoms with van der Waals surface area (Å²) in [5, 5.41) is 8.74. The summed E-state index contributed by atoms with van der Waals surface area (Å²) in [5.41, 5.74) is 1.28. The van der Waals surface area contributed by atoms with Crippen molar-refractivity contribution < 1.29 is 9.53 Å². The van der Waals surface area contributed by atoms with Gasteiger partial charge in [0, 0.05) is 32.7 Å². The summed E-state index contributed by atoms with van der Waals surface area (Å²) >= 11 is 0. The maximum absolute atomic E-state index is 12.2.